The minimum absolute atomic E-state index is 1.16. The summed E-state index contributed by atoms with van der Waals surface area (Å²) in [7, 11) is 0. The van der Waals surface area contributed by atoms with Gasteiger partial charge in [0.25, 0.3) is 0 Å². The molecule has 0 bridgehead atoms. The number of hydrogen-bond donors (Lipinski definition) is 0. The molecule has 2 aromatic heterocycles. The molecule has 0 N–H and O–H groups in total. The molecule has 214 valence electrons. The highest BCUT2D eigenvalue weighted by molar-refractivity contribution is 6.19. The first kappa shape index (κ1) is 25.2. The molecule has 0 aliphatic rings. The van der Waals surface area contributed by atoms with Gasteiger partial charge in [-0.15, -0.1) is 0 Å². The van der Waals surface area contributed by atoms with Crippen molar-refractivity contribution in [3.05, 3.63) is 170 Å². The zero-order chi connectivity index (χ0) is 30.2. The Labute approximate surface area is 266 Å². The minimum Gasteiger partial charge on any atom is -0.309 e. The van der Waals surface area contributed by atoms with Crippen LogP contribution in [0.5, 0.6) is 0 Å². The van der Waals surface area contributed by atoms with Gasteiger partial charge in [-0.05, 0) is 75.8 Å². The van der Waals surface area contributed by atoms with E-state index in [9.17, 15) is 0 Å². The Morgan fingerprint density at radius 1 is 0.283 bits per heavy atom. The highest BCUT2D eigenvalue weighted by atomic mass is 15.0. The Hall–Kier alpha value is -6.12. The van der Waals surface area contributed by atoms with Crippen LogP contribution >= 0.6 is 0 Å². The molecule has 0 radical (unpaired) electrons. The molecule has 2 heteroatoms. The zero-order valence-corrected chi connectivity index (χ0v) is 25.1. The van der Waals surface area contributed by atoms with Crippen LogP contribution in [0, 0.1) is 0 Å². The Bertz CT molecular complexity index is 2810. The molecule has 0 aliphatic heterocycles. The van der Waals surface area contributed by atoms with Crippen LogP contribution in [0.1, 0.15) is 0 Å². The molecule has 46 heavy (non-hydrogen) atoms. The summed E-state index contributed by atoms with van der Waals surface area (Å²) in [6.45, 7) is 0. The van der Waals surface area contributed by atoms with Gasteiger partial charge < -0.3 is 9.13 Å². The van der Waals surface area contributed by atoms with Crippen LogP contribution in [0.3, 0.4) is 0 Å². The number of para-hydroxylation sites is 2. The molecule has 0 spiro atoms. The lowest BCUT2D eigenvalue weighted by molar-refractivity contribution is 1.18. The maximum absolute atomic E-state index is 2.46. The zero-order valence-electron chi connectivity index (χ0n) is 25.1. The predicted octanol–water partition coefficient (Wildman–Crippen LogP) is 11.9. The van der Waals surface area contributed by atoms with Gasteiger partial charge in [0.15, 0.2) is 0 Å². The molecule has 0 amide bonds. The fourth-order valence-electron chi connectivity index (χ4n) is 7.57. The largest absolute Gasteiger partial charge is 0.309 e. The van der Waals surface area contributed by atoms with Crippen LogP contribution in [0.2, 0.25) is 0 Å². The maximum atomic E-state index is 2.46. The number of aromatic nitrogens is 2. The Balaban J connectivity index is 1.27. The Kier molecular flexibility index (Phi) is 5.31. The summed E-state index contributed by atoms with van der Waals surface area (Å²) < 4.78 is 4.90. The van der Waals surface area contributed by atoms with E-state index >= 15 is 0 Å². The third-order valence-corrected chi connectivity index (χ3v) is 9.66. The van der Waals surface area contributed by atoms with Crippen molar-refractivity contribution in [3.63, 3.8) is 0 Å². The Morgan fingerprint density at radius 3 is 1.63 bits per heavy atom. The fraction of sp³-hybridized carbons (Fsp3) is 0. The smallest absolute Gasteiger partial charge is 0.0549 e. The van der Waals surface area contributed by atoms with E-state index in [2.05, 4.69) is 179 Å². The lowest BCUT2D eigenvalue weighted by Crippen LogP contribution is -1.96. The van der Waals surface area contributed by atoms with E-state index in [0.29, 0.717) is 0 Å². The average Bonchev–Trinajstić information content (AvgIpc) is 3.62. The van der Waals surface area contributed by atoms with E-state index in [1.807, 2.05) is 0 Å². The predicted molar refractivity (Wildman–Crippen MR) is 196 cm³/mol. The molecule has 10 rings (SSSR count). The fourth-order valence-corrected chi connectivity index (χ4v) is 7.57. The van der Waals surface area contributed by atoms with Crippen LogP contribution in [0.25, 0.3) is 87.7 Å². The SMILES string of the molecule is c1cc(-c2ccc3ccccc3c2)cc(-n2c3ccccc3c3cc4c(cc32)c2ccccc2n4-c2cccc3ccccc23)c1. The van der Waals surface area contributed by atoms with Crippen molar-refractivity contribution < 1.29 is 0 Å². The van der Waals surface area contributed by atoms with Gasteiger partial charge in [-0.25, -0.2) is 0 Å². The van der Waals surface area contributed by atoms with Crippen LogP contribution in [-0.2, 0) is 0 Å². The van der Waals surface area contributed by atoms with Crippen molar-refractivity contribution in [1.29, 1.82) is 0 Å². The van der Waals surface area contributed by atoms with Gasteiger partial charge >= 0.3 is 0 Å². The van der Waals surface area contributed by atoms with Gasteiger partial charge in [-0.2, -0.15) is 0 Å². The van der Waals surface area contributed by atoms with Crippen molar-refractivity contribution in [2.24, 2.45) is 0 Å². The second-order valence-corrected chi connectivity index (χ2v) is 12.2. The van der Waals surface area contributed by atoms with E-state index in [4.69, 9.17) is 0 Å². The van der Waals surface area contributed by atoms with Gasteiger partial charge in [0, 0.05) is 32.6 Å². The van der Waals surface area contributed by atoms with Crippen molar-refractivity contribution in [3.8, 4) is 22.5 Å². The minimum atomic E-state index is 1.16. The quantitative estimate of drug-likeness (QED) is 0.195. The molecule has 0 saturated carbocycles. The molecule has 0 saturated heterocycles. The number of rotatable bonds is 3. The number of nitrogens with zero attached hydrogens (tertiary/aromatic N) is 2. The molecule has 8 aromatic carbocycles. The summed E-state index contributed by atoms with van der Waals surface area (Å²) >= 11 is 0. The molecule has 0 fully saturated rings. The number of benzene rings is 8. The lowest BCUT2D eigenvalue weighted by atomic mass is 10.0. The molecule has 0 atom stereocenters. The van der Waals surface area contributed by atoms with E-state index in [-0.39, 0.29) is 0 Å². The topological polar surface area (TPSA) is 9.86 Å². The van der Waals surface area contributed by atoms with Crippen LogP contribution in [0.4, 0.5) is 0 Å². The van der Waals surface area contributed by atoms with Crippen LogP contribution in [-0.4, -0.2) is 9.13 Å². The van der Waals surface area contributed by atoms with E-state index in [1.165, 1.54) is 82.0 Å². The summed E-state index contributed by atoms with van der Waals surface area (Å²) in [5.41, 5.74) is 9.66. The van der Waals surface area contributed by atoms with Crippen LogP contribution in [0.15, 0.2) is 170 Å². The molecule has 0 unspecified atom stereocenters. The highest BCUT2D eigenvalue weighted by Gasteiger charge is 2.19. The van der Waals surface area contributed by atoms with Gasteiger partial charge in [0.1, 0.15) is 0 Å². The van der Waals surface area contributed by atoms with Crippen molar-refractivity contribution in [2.75, 3.05) is 0 Å². The van der Waals surface area contributed by atoms with Crippen molar-refractivity contribution >= 4 is 65.2 Å². The third kappa shape index (κ3) is 3.65. The summed E-state index contributed by atoms with van der Waals surface area (Å²) in [5, 5.41) is 10.0. The molecule has 2 nitrogen and oxygen atoms in total. The van der Waals surface area contributed by atoms with E-state index < -0.39 is 0 Å². The van der Waals surface area contributed by atoms with Gasteiger partial charge in [0.2, 0.25) is 0 Å². The maximum Gasteiger partial charge on any atom is 0.0549 e. The molecular weight excluding hydrogens is 556 g/mol. The van der Waals surface area contributed by atoms with Crippen molar-refractivity contribution in [2.45, 2.75) is 0 Å². The summed E-state index contributed by atoms with van der Waals surface area (Å²) in [5.74, 6) is 0. The monoisotopic (exact) mass is 584 g/mol. The molecule has 2 heterocycles. The molecular formula is C44H28N2. The number of hydrogen-bond acceptors (Lipinski definition) is 0. The first-order valence-corrected chi connectivity index (χ1v) is 15.9. The lowest BCUT2D eigenvalue weighted by Gasteiger charge is -2.12. The Morgan fingerprint density at radius 2 is 0.848 bits per heavy atom. The highest BCUT2D eigenvalue weighted by Crippen LogP contribution is 2.41. The van der Waals surface area contributed by atoms with E-state index in [0.717, 1.165) is 5.69 Å². The summed E-state index contributed by atoms with van der Waals surface area (Å²) in [4.78, 5) is 0. The second kappa shape index (κ2) is 9.69. The second-order valence-electron chi connectivity index (χ2n) is 12.2. The van der Waals surface area contributed by atoms with E-state index in [1.54, 1.807) is 0 Å². The first-order chi connectivity index (χ1) is 22.8. The van der Waals surface area contributed by atoms with Gasteiger partial charge in [0.05, 0.1) is 27.8 Å². The summed E-state index contributed by atoms with van der Waals surface area (Å²) in [6, 6.07) is 62.1. The van der Waals surface area contributed by atoms with Gasteiger partial charge in [-0.3, -0.25) is 0 Å². The molecule has 0 aliphatic carbocycles. The average molecular weight is 585 g/mol. The number of fused-ring (bicyclic) bond motifs is 8. The van der Waals surface area contributed by atoms with Crippen LogP contribution < -0.4 is 0 Å². The standard InChI is InChI=1S/C44H28N2/c1-2-13-31-25-33(24-23-29(31)11-1)32-15-9-16-34(26-32)45-41-20-7-5-18-36(41)38-28-44-39(27-43(38)45)37-19-6-8-21-42(37)46(44)40-22-10-14-30-12-3-4-17-35(30)40/h1-28H. The molecule has 10 aromatic rings. The third-order valence-electron chi connectivity index (χ3n) is 9.66. The summed E-state index contributed by atoms with van der Waals surface area (Å²) in [6.07, 6.45) is 0. The van der Waals surface area contributed by atoms with Gasteiger partial charge in [-0.1, -0.05) is 121 Å². The van der Waals surface area contributed by atoms with Crippen molar-refractivity contribution in [1.82, 2.24) is 9.13 Å². The normalized spacial score (nSPS) is 11.9. The first-order valence-electron chi connectivity index (χ1n) is 15.9.